The highest BCUT2D eigenvalue weighted by atomic mass is 32.2. The Morgan fingerprint density at radius 1 is 1.62 bits per heavy atom. The summed E-state index contributed by atoms with van der Waals surface area (Å²) in [6.07, 6.45) is 0.127. The van der Waals surface area contributed by atoms with Crippen molar-refractivity contribution in [2.75, 3.05) is 7.11 Å². The van der Waals surface area contributed by atoms with Gasteiger partial charge in [0.1, 0.15) is 0 Å². The van der Waals surface area contributed by atoms with Crippen molar-refractivity contribution in [3.63, 3.8) is 0 Å². The molecule has 0 aliphatic carbocycles. The van der Waals surface area contributed by atoms with Crippen molar-refractivity contribution >= 4 is 16.1 Å². The summed E-state index contributed by atoms with van der Waals surface area (Å²) in [7, 11) is -2.86. The molecule has 0 saturated carbocycles. The minimum Gasteiger partial charge on any atom is -0.452 e. The number of hydrogen-bond acceptors (Lipinski definition) is 5. The van der Waals surface area contributed by atoms with E-state index in [1.807, 2.05) is 0 Å². The van der Waals surface area contributed by atoms with E-state index in [1.54, 1.807) is 4.72 Å². The number of rotatable bonds is 2. The van der Waals surface area contributed by atoms with Crippen LogP contribution in [0.1, 0.15) is 0 Å². The van der Waals surface area contributed by atoms with Crippen molar-refractivity contribution < 1.29 is 22.4 Å². The molecule has 0 unspecified atom stereocenters. The monoisotopic (exact) mass is 205 g/mol. The molecule has 1 rings (SSSR count). The minimum atomic E-state index is -3.92. The van der Waals surface area contributed by atoms with Crippen molar-refractivity contribution in [3.8, 4) is 0 Å². The van der Waals surface area contributed by atoms with Crippen molar-refractivity contribution in [2.24, 2.45) is 0 Å². The van der Waals surface area contributed by atoms with E-state index in [2.05, 4.69) is 9.15 Å². The number of amides is 1. The first-order valence-corrected chi connectivity index (χ1v) is 4.69. The van der Waals surface area contributed by atoms with Crippen molar-refractivity contribution in [2.45, 2.75) is 5.09 Å². The predicted octanol–water partition coefficient (Wildman–Crippen LogP) is 0.324. The Bertz CT molecular complexity index is 379. The Morgan fingerprint density at radius 3 is 2.77 bits per heavy atom. The van der Waals surface area contributed by atoms with Crippen LogP contribution in [-0.4, -0.2) is 21.6 Å². The highest BCUT2D eigenvalue weighted by molar-refractivity contribution is 7.89. The van der Waals surface area contributed by atoms with E-state index in [1.165, 1.54) is 18.4 Å². The standard InChI is InChI=1S/C6H7NO5S/c1-11-6(8)7-13(9,10)5-3-2-4-12-5/h2-4H,1H3,(H,7,8). The van der Waals surface area contributed by atoms with Gasteiger partial charge in [0.05, 0.1) is 13.4 Å². The van der Waals surface area contributed by atoms with E-state index in [4.69, 9.17) is 0 Å². The quantitative estimate of drug-likeness (QED) is 0.751. The average Bonchev–Trinajstić information content (AvgIpc) is 2.55. The van der Waals surface area contributed by atoms with Crippen molar-refractivity contribution in [1.82, 2.24) is 4.72 Å². The number of nitrogens with one attached hydrogen (secondary N) is 1. The molecule has 0 saturated heterocycles. The molecule has 1 amide bonds. The normalized spacial score (nSPS) is 10.8. The molecule has 1 aromatic rings. The minimum absolute atomic E-state index is 0.335. The second-order valence-electron chi connectivity index (χ2n) is 2.03. The molecule has 0 aliphatic rings. The zero-order chi connectivity index (χ0) is 9.90. The summed E-state index contributed by atoms with van der Waals surface area (Å²) < 4.78 is 32.6. The molecule has 0 bridgehead atoms. The van der Waals surface area contributed by atoms with Gasteiger partial charge in [-0.2, -0.15) is 8.42 Å². The topological polar surface area (TPSA) is 85.6 Å². The summed E-state index contributed by atoms with van der Waals surface area (Å²) in [5, 5.41) is -0.335. The lowest BCUT2D eigenvalue weighted by atomic mass is 10.7. The van der Waals surface area contributed by atoms with E-state index < -0.39 is 16.1 Å². The average molecular weight is 205 g/mol. The maximum absolute atomic E-state index is 11.2. The highest BCUT2D eigenvalue weighted by Gasteiger charge is 2.20. The predicted molar refractivity (Wildman–Crippen MR) is 41.4 cm³/mol. The largest absolute Gasteiger partial charge is 0.452 e. The van der Waals surface area contributed by atoms with Crippen LogP contribution >= 0.6 is 0 Å². The molecule has 6 nitrogen and oxygen atoms in total. The molecule has 72 valence electrons. The molecule has 0 spiro atoms. The van der Waals surface area contributed by atoms with E-state index in [-0.39, 0.29) is 5.09 Å². The van der Waals surface area contributed by atoms with Crippen molar-refractivity contribution in [1.29, 1.82) is 0 Å². The van der Waals surface area contributed by atoms with Gasteiger partial charge in [0.2, 0.25) is 5.09 Å². The molecule has 0 radical (unpaired) electrons. The molecular formula is C6H7NO5S. The second kappa shape index (κ2) is 3.48. The van der Waals surface area contributed by atoms with Crippen LogP contribution in [0.2, 0.25) is 0 Å². The summed E-state index contributed by atoms with van der Waals surface area (Å²) >= 11 is 0. The number of hydrogen-bond donors (Lipinski definition) is 1. The molecule has 0 aliphatic heterocycles. The Kier molecular flexibility index (Phi) is 2.57. The first-order valence-electron chi connectivity index (χ1n) is 3.20. The van der Waals surface area contributed by atoms with Crippen LogP contribution in [0.3, 0.4) is 0 Å². The zero-order valence-electron chi connectivity index (χ0n) is 6.68. The summed E-state index contributed by atoms with van der Waals surface area (Å²) in [5.41, 5.74) is 0. The smallest absolute Gasteiger partial charge is 0.420 e. The van der Waals surface area contributed by atoms with E-state index in [0.29, 0.717) is 0 Å². The summed E-state index contributed by atoms with van der Waals surface area (Å²) in [6.45, 7) is 0. The van der Waals surface area contributed by atoms with Gasteiger partial charge in [0, 0.05) is 0 Å². The third kappa shape index (κ3) is 2.22. The van der Waals surface area contributed by atoms with E-state index in [9.17, 15) is 13.2 Å². The van der Waals surface area contributed by atoms with Crippen LogP contribution in [0.25, 0.3) is 0 Å². The first kappa shape index (κ1) is 9.59. The number of carbonyl (C=O) groups excluding carboxylic acids is 1. The molecule has 1 N–H and O–H groups in total. The zero-order valence-corrected chi connectivity index (χ0v) is 7.50. The fraction of sp³-hybridized carbons (Fsp3) is 0.167. The lowest BCUT2D eigenvalue weighted by molar-refractivity contribution is 0.177. The SMILES string of the molecule is COC(=O)NS(=O)(=O)c1ccco1. The highest BCUT2D eigenvalue weighted by Crippen LogP contribution is 2.07. The van der Waals surface area contributed by atoms with E-state index >= 15 is 0 Å². The van der Waals surface area contributed by atoms with E-state index in [0.717, 1.165) is 7.11 Å². The lowest BCUT2D eigenvalue weighted by Crippen LogP contribution is -2.29. The number of sulfonamides is 1. The Balaban J connectivity index is 2.86. The van der Waals surface area contributed by atoms with Crippen LogP contribution in [0.15, 0.2) is 27.9 Å². The van der Waals surface area contributed by atoms with Gasteiger partial charge >= 0.3 is 6.09 Å². The van der Waals surface area contributed by atoms with Gasteiger partial charge in [0.15, 0.2) is 0 Å². The molecule has 0 atom stereocenters. The van der Waals surface area contributed by atoms with Gasteiger partial charge in [-0.25, -0.2) is 9.52 Å². The Hall–Kier alpha value is -1.50. The number of furan rings is 1. The van der Waals surface area contributed by atoms with Crippen LogP contribution in [0, 0.1) is 0 Å². The molecule has 1 heterocycles. The van der Waals surface area contributed by atoms with Crippen LogP contribution in [0.4, 0.5) is 4.79 Å². The van der Waals surface area contributed by atoms with Gasteiger partial charge < -0.3 is 9.15 Å². The van der Waals surface area contributed by atoms with Gasteiger partial charge in [-0.15, -0.1) is 0 Å². The molecule has 0 aromatic carbocycles. The molecular weight excluding hydrogens is 198 g/mol. The van der Waals surface area contributed by atoms with Crippen LogP contribution in [-0.2, 0) is 14.8 Å². The van der Waals surface area contributed by atoms with Gasteiger partial charge in [-0.1, -0.05) is 0 Å². The third-order valence-electron chi connectivity index (χ3n) is 1.16. The number of carbonyl (C=O) groups is 1. The molecule has 7 heteroatoms. The van der Waals surface area contributed by atoms with Gasteiger partial charge in [-0.05, 0) is 12.1 Å². The van der Waals surface area contributed by atoms with Crippen LogP contribution < -0.4 is 4.72 Å². The third-order valence-corrected chi connectivity index (χ3v) is 2.36. The second-order valence-corrected chi connectivity index (χ2v) is 3.64. The molecule has 0 fully saturated rings. The lowest BCUT2D eigenvalue weighted by Gasteiger charge is -2.01. The fourth-order valence-corrected chi connectivity index (χ4v) is 1.46. The number of methoxy groups -OCH3 is 1. The first-order chi connectivity index (χ1) is 6.06. The maximum Gasteiger partial charge on any atom is 0.420 e. The maximum atomic E-state index is 11.2. The molecule has 1 aromatic heterocycles. The summed E-state index contributed by atoms with van der Waals surface area (Å²) in [4.78, 5) is 10.6. The van der Waals surface area contributed by atoms with Crippen molar-refractivity contribution in [3.05, 3.63) is 18.4 Å². The summed E-state index contributed by atoms with van der Waals surface area (Å²) in [6, 6.07) is 2.61. The summed E-state index contributed by atoms with van der Waals surface area (Å²) in [5.74, 6) is 0. The van der Waals surface area contributed by atoms with Gasteiger partial charge in [-0.3, -0.25) is 0 Å². The Morgan fingerprint density at radius 2 is 2.31 bits per heavy atom. The fourth-order valence-electron chi connectivity index (χ4n) is 0.618. The Labute approximate surface area is 74.5 Å². The number of ether oxygens (including phenoxy) is 1. The van der Waals surface area contributed by atoms with Gasteiger partial charge in [0.25, 0.3) is 10.0 Å². The molecule has 13 heavy (non-hydrogen) atoms. The van der Waals surface area contributed by atoms with Crippen LogP contribution in [0.5, 0.6) is 0 Å².